The van der Waals surface area contributed by atoms with E-state index in [4.69, 9.17) is 4.84 Å². The molecule has 0 aliphatic rings. The zero-order chi connectivity index (χ0) is 9.14. The molecular formula is C8H11NO2S. The lowest BCUT2D eigenvalue weighted by Crippen LogP contribution is -2.25. The molecule has 66 valence electrons. The first-order valence-electron chi connectivity index (χ1n) is 3.53. The summed E-state index contributed by atoms with van der Waals surface area (Å²) in [6, 6.07) is 1.80. The number of carbonyl (C=O) groups is 1. The fourth-order valence-electron chi connectivity index (χ4n) is 0.859. The van der Waals surface area contributed by atoms with Crippen LogP contribution < -0.4 is 0 Å². The summed E-state index contributed by atoms with van der Waals surface area (Å²) in [5.41, 5.74) is 0.712. The Morgan fingerprint density at radius 3 is 2.75 bits per heavy atom. The fraction of sp³-hybridized carbons (Fsp3) is 0.375. The van der Waals surface area contributed by atoms with Gasteiger partial charge in [0.1, 0.15) is 0 Å². The van der Waals surface area contributed by atoms with Gasteiger partial charge in [-0.05, 0) is 18.4 Å². The molecule has 1 aromatic heterocycles. The van der Waals surface area contributed by atoms with Crippen molar-refractivity contribution in [3.63, 3.8) is 0 Å². The Balaban J connectivity index is 2.85. The maximum Gasteiger partial charge on any atom is 0.278 e. The van der Waals surface area contributed by atoms with Crippen LogP contribution in [0.25, 0.3) is 0 Å². The van der Waals surface area contributed by atoms with Crippen LogP contribution in [0.1, 0.15) is 15.2 Å². The maximum absolute atomic E-state index is 11.5. The van der Waals surface area contributed by atoms with Crippen molar-refractivity contribution in [2.24, 2.45) is 0 Å². The quantitative estimate of drug-likeness (QED) is 0.656. The Kier molecular flexibility index (Phi) is 2.83. The van der Waals surface area contributed by atoms with E-state index in [1.54, 1.807) is 24.5 Å². The highest BCUT2D eigenvalue weighted by atomic mass is 32.1. The highest BCUT2D eigenvalue weighted by Crippen LogP contribution is 2.16. The molecule has 4 heteroatoms. The lowest BCUT2D eigenvalue weighted by atomic mass is 10.2. The summed E-state index contributed by atoms with van der Waals surface area (Å²) in [6.07, 6.45) is 0. The van der Waals surface area contributed by atoms with E-state index in [0.717, 1.165) is 4.88 Å². The molecule has 12 heavy (non-hydrogen) atoms. The summed E-state index contributed by atoms with van der Waals surface area (Å²) in [5.74, 6) is -0.101. The predicted octanol–water partition coefficient (Wildman–Crippen LogP) is 1.69. The molecule has 1 aromatic rings. The molecule has 0 saturated heterocycles. The van der Waals surface area contributed by atoms with Gasteiger partial charge in [0, 0.05) is 11.9 Å². The molecule has 0 N–H and O–H groups in total. The number of hydroxylamine groups is 2. The monoisotopic (exact) mass is 185 g/mol. The molecule has 1 heterocycles. The molecule has 0 aliphatic heterocycles. The van der Waals surface area contributed by atoms with E-state index in [-0.39, 0.29) is 5.91 Å². The van der Waals surface area contributed by atoms with Gasteiger partial charge < -0.3 is 0 Å². The zero-order valence-corrected chi connectivity index (χ0v) is 8.14. The second-order valence-electron chi connectivity index (χ2n) is 2.38. The van der Waals surface area contributed by atoms with E-state index in [0.29, 0.717) is 5.56 Å². The van der Waals surface area contributed by atoms with Gasteiger partial charge >= 0.3 is 0 Å². The van der Waals surface area contributed by atoms with E-state index < -0.39 is 0 Å². The average Bonchev–Trinajstić information content (AvgIpc) is 2.48. The zero-order valence-electron chi connectivity index (χ0n) is 7.33. The number of hydrogen-bond donors (Lipinski definition) is 0. The van der Waals surface area contributed by atoms with E-state index in [2.05, 4.69) is 0 Å². The summed E-state index contributed by atoms with van der Waals surface area (Å²) < 4.78 is 0. The summed E-state index contributed by atoms with van der Waals surface area (Å²) in [5, 5.41) is 3.11. The molecule has 0 radical (unpaired) electrons. The summed E-state index contributed by atoms with van der Waals surface area (Å²) in [4.78, 5) is 17.3. The van der Waals surface area contributed by atoms with E-state index in [1.807, 2.05) is 12.3 Å². The van der Waals surface area contributed by atoms with Crippen molar-refractivity contribution in [2.75, 3.05) is 14.2 Å². The minimum Gasteiger partial charge on any atom is -0.274 e. The van der Waals surface area contributed by atoms with Crippen LogP contribution in [0.4, 0.5) is 0 Å². The van der Waals surface area contributed by atoms with Gasteiger partial charge in [0.25, 0.3) is 5.91 Å². The molecule has 0 saturated carbocycles. The average molecular weight is 185 g/mol. The molecule has 0 atom stereocenters. The van der Waals surface area contributed by atoms with E-state index >= 15 is 0 Å². The molecule has 1 rings (SSSR count). The topological polar surface area (TPSA) is 29.5 Å². The van der Waals surface area contributed by atoms with Crippen LogP contribution in [-0.4, -0.2) is 25.1 Å². The Bertz CT molecular complexity index is 282. The first kappa shape index (κ1) is 9.22. The van der Waals surface area contributed by atoms with Crippen LogP contribution in [0.3, 0.4) is 0 Å². The Hall–Kier alpha value is -0.870. The highest BCUT2D eigenvalue weighted by molar-refractivity contribution is 7.10. The van der Waals surface area contributed by atoms with Crippen molar-refractivity contribution in [2.45, 2.75) is 6.92 Å². The second-order valence-corrected chi connectivity index (χ2v) is 3.50. The SMILES string of the molecule is CON(C)C(=O)c1ccsc1C. The molecule has 0 bridgehead atoms. The fourth-order valence-corrected chi connectivity index (χ4v) is 1.55. The number of aryl methyl sites for hydroxylation is 1. The van der Waals surface area contributed by atoms with Gasteiger partial charge in [-0.15, -0.1) is 11.3 Å². The van der Waals surface area contributed by atoms with Gasteiger partial charge in [-0.2, -0.15) is 0 Å². The largest absolute Gasteiger partial charge is 0.278 e. The molecule has 0 fully saturated rings. The van der Waals surface area contributed by atoms with Crippen molar-refractivity contribution < 1.29 is 9.63 Å². The van der Waals surface area contributed by atoms with Crippen LogP contribution in [0.15, 0.2) is 11.4 Å². The van der Waals surface area contributed by atoms with Crippen LogP contribution in [0.5, 0.6) is 0 Å². The molecule has 0 aliphatic carbocycles. The van der Waals surface area contributed by atoms with Crippen molar-refractivity contribution in [1.82, 2.24) is 5.06 Å². The third kappa shape index (κ3) is 1.65. The van der Waals surface area contributed by atoms with Gasteiger partial charge in [-0.1, -0.05) is 0 Å². The smallest absolute Gasteiger partial charge is 0.274 e. The molecule has 0 unspecified atom stereocenters. The Morgan fingerprint density at radius 2 is 2.33 bits per heavy atom. The van der Waals surface area contributed by atoms with Crippen molar-refractivity contribution in [3.8, 4) is 0 Å². The number of carbonyl (C=O) groups excluding carboxylic acids is 1. The Morgan fingerprint density at radius 1 is 1.67 bits per heavy atom. The van der Waals surface area contributed by atoms with Gasteiger partial charge in [0.2, 0.25) is 0 Å². The molecule has 0 spiro atoms. The number of nitrogens with zero attached hydrogens (tertiary/aromatic N) is 1. The lowest BCUT2D eigenvalue weighted by Gasteiger charge is -2.12. The highest BCUT2D eigenvalue weighted by Gasteiger charge is 2.13. The predicted molar refractivity (Wildman–Crippen MR) is 48.2 cm³/mol. The van der Waals surface area contributed by atoms with Crippen molar-refractivity contribution in [1.29, 1.82) is 0 Å². The summed E-state index contributed by atoms with van der Waals surface area (Å²) >= 11 is 1.56. The van der Waals surface area contributed by atoms with E-state index in [9.17, 15) is 4.79 Å². The van der Waals surface area contributed by atoms with Gasteiger partial charge in [-0.25, -0.2) is 5.06 Å². The second kappa shape index (κ2) is 3.69. The minimum atomic E-state index is -0.101. The molecule has 3 nitrogen and oxygen atoms in total. The van der Waals surface area contributed by atoms with Crippen LogP contribution in [-0.2, 0) is 4.84 Å². The third-order valence-electron chi connectivity index (χ3n) is 1.65. The standard InChI is InChI=1S/C8H11NO2S/c1-6-7(4-5-12-6)8(10)9(2)11-3/h4-5H,1-3H3. The number of rotatable bonds is 2. The van der Waals surface area contributed by atoms with Crippen LogP contribution in [0, 0.1) is 6.92 Å². The number of amides is 1. The van der Waals surface area contributed by atoms with Crippen LogP contribution in [0.2, 0.25) is 0 Å². The minimum absolute atomic E-state index is 0.101. The van der Waals surface area contributed by atoms with Gasteiger partial charge in [0.15, 0.2) is 0 Å². The normalized spacial score (nSPS) is 9.92. The van der Waals surface area contributed by atoms with Crippen LogP contribution >= 0.6 is 11.3 Å². The van der Waals surface area contributed by atoms with Crippen molar-refractivity contribution in [3.05, 3.63) is 21.9 Å². The number of thiophene rings is 1. The molecule has 0 aromatic carbocycles. The first-order valence-corrected chi connectivity index (χ1v) is 4.41. The van der Waals surface area contributed by atoms with Crippen molar-refractivity contribution >= 4 is 17.2 Å². The summed E-state index contributed by atoms with van der Waals surface area (Å²) in [6.45, 7) is 1.92. The number of hydrogen-bond acceptors (Lipinski definition) is 3. The van der Waals surface area contributed by atoms with Gasteiger partial charge in [-0.3, -0.25) is 9.63 Å². The summed E-state index contributed by atoms with van der Waals surface area (Å²) in [7, 11) is 3.07. The lowest BCUT2D eigenvalue weighted by molar-refractivity contribution is -0.0757. The maximum atomic E-state index is 11.5. The van der Waals surface area contributed by atoms with Gasteiger partial charge in [0.05, 0.1) is 12.7 Å². The first-order chi connectivity index (χ1) is 5.66. The molecule has 1 amide bonds. The molecular weight excluding hydrogens is 174 g/mol. The third-order valence-corrected chi connectivity index (χ3v) is 2.49. The van der Waals surface area contributed by atoms with E-state index in [1.165, 1.54) is 12.2 Å². The Labute approximate surface area is 75.5 Å².